The molecule has 0 bridgehead atoms. The molecule has 3 aromatic carbocycles. The number of carbonyl (C=O) groups excluding carboxylic acids is 3. The Hall–Kier alpha value is -4.39. The van der Waals surface area contributed by atoms with E-state index in [-0.39, 0.29) is 23.0 Å². The number of anilines is 2. The van der Waals surface area contributed by atoms with Crippen LogP contribution in [0.5, 0.6) is 11.5 Å². The first kappa shape index (κ1) is 24.9. The van der Waals surface area contributed by atoms with Crippen molar-refractivity contribution in [1.82, 2.24) is 0 Å². The molecule has 0 aliphatic carbocycles. The topological polar surface area (TPSA) is 84.9 Å². The van der Waals surface area contributed by atoms with Gasteiger partial charge in [-0.1, -0.05) is 35.9 Å². The van der Waals surface area contributed by atoms with Crippen molar-refractivity contribution in [3.63, 3.8) is 0 Å². The number of ether oxygens (including phenoxy) is 2. The maximum Gasteiger partial charge on any atom is 0.238 e. The molecule has 39 heavy (non-hydrogen) atoms. The molecule has 4 atom stereocenters. The van der Waals surface area contributed by atoms with Crippen LogP contribution >= 0.6 is 0 Å². The van der Waals surface area contributed by atoms with E-state index in [1.54, 1.807) is 18.2 Å². The molecule has 1 N–H and O–H groups in total. The molecule has 3 aromatic rings. The van der Waals surface area contributed by atoms with E-state index >= 15 is 0 Å². The van der Waals surface area contributed by atoms with Crippen LogP contribution in [0.2, 0.25) is 0 Å². The van der Waals surface area contributed by atoms with Gasteiger partial charge >= 0.3 is 0 Å². The minimum atomic E-state index is -1.35. The summed E-state index contributed by atoms with van der Waals surface area (Å²) in [5.41, 5.74) is 4.22. The van der Waals surface area contributed by atoms with Gasteiger partial charge in [0.1, 0.15) is 16.9 Å². The van der Waals surface area contributed by atoms with Crippen LogP contribution in [0, 0.1) is 12.8 Å². The standard InChI is InChI=1S/C32H30N2O5/c1-17-10-12-25-21(14-17)18(2)15-27-32(23-8-6-7-9-24(23)33-31(32)37)28(29(19(3)35)34(25)27)30(36)22-16-20(38-4)11-13-26(22)39-5/h6-16,27-29H,1-5H3,(H,33,37)/t27-,28-,29+,32-/m0/s1. The molecule has 3 aliphatic rings. The molecular formula is C32H30N2O5. The third-order valence-corrected chi connectivity index (χ3v) is 8.50. The first-order valence-corrected chi connectivity index (χ1v) is 13.0. The predicted octanol–water partition coefficient (Wildman–Crippen LogP) is 4.96. The number of allylic oxidation sites excluding steroid dienone is 1. The number of ketones is 2. The molecule has 3 aliphatic heterocycles. The predicted molar refractivity (Wildman–Crippen MR) is 150 cm³/mol. The lowest BCUT2D eigenvalue weighted by Crippen LogP contribution is -2.51. The first-order chi connectivity index (χ1) is 18.7. The smallest absolute Gasteiger partial charge is 0.238 e. The fourth-order valence-corrected chi connectivity index (χ4v) is 6.87. The van der Waals surface area contributed by atoms with Gasteiger partial charge in [-0.25, -0.2) is 0 Å². The molecule has 0 radical (unpaired) electrons. The SMILES string of the molecule is COc1ccc(OC)c(C(=O)[C@@H]2[C@@H](C(C)=O)N3c4ccc(C)cc4C(C)=C[C@H]3[C@]23C(=O)Nc2ccccc23)c1. The van der Waals surface area contributed by atoms with Crippen molar-refractivity contribution in [2.75, 3.05) is 24.4 Å². The third-order valence-electron chi connectivity index (χ3n) is 8.50. The molecule has 7 heteroatoms. The molecule has 1 amide bonds. The van der Waals surface area contributed by atoms with Crippen LogP contribution in [0.25, 0.3) is 5.57 Å². The summed E-state index contributed by atoms with van der Waals surface area (Å²) in [6.45, 7) is 5.54. The van der Waals surface area contributed by atoms with Crippen molar-refractivity contribution in [2.45, 2.75) is 38.3 Å². The van der Waals surface area contributed by atoms with Crippen molar-refractivity contribution in [2.24, 2.45) is 5.92 Å². The highest BCUT2D eigenvalue weighted by Gasteiger charge is 2.70. The molecular weight excluding hydrogens is 492 g/mol. The van der Waals surface area contributed by atoms with Gasteiger partial charge in [0.05, 0.1) is 37.8 Å². The Bertz CT molecular complexity index is 1590. The number of rotatable bonds is 5. The Balaban J connectivity index is 1.68. The first-order valence-electron chi connectivity index (χ1n) is 13.0. The summed E-state index contributed by atoms with van der Waals surface area (Å²) in [6.07, 6.45) is 2.05. The second kappa shape index (κ2) is 8.83. The van der Waals surface area contributed by atoms with E-state index in [1.807, 2.05) is 55.1 Å². The van der Waals surface area contributed by atoms with Gasteiger partial charge in [-0.2, -0.15) is 0 Å². The maximum absolute atomic E-state index is 14.8. The van der Waals surface area contributed by atoms with Gasteiger partial charge in [-0.15, -0.1) is 0 Å². The number of hydrogen-bond acceptors (Lipinski definition) is 6. The lowest BCUT2D eigenvalue weighted by molar-refractivity contribution is -0.122. The molecule has 0 unspecified atom stereocenters. The van der Waals surface area contributed by atoms with Crippen molar-refractivity contribution in [3.05, 3.63) is 89.0 Å². The van der Waals surface area contributed by atoms with E-state index in [2.05, 4.69) is 17.5 Å². The Morgan fingerprint density at radius 1 is 0.974 bits per heavy atom. The average Bonchev–Trinajstić information content (AvgIpc) is 3.40. The van der Waals surface area contributed by atoms with E-state index < -0.39 is 23.4 Å². The quantitative estimate of drug-likeness (QED) is 0.477. The summed E-state index contributed by atoms with van der Waals surface area (Å²) in [5, 5.41) is 3.04. The number of nitrogens with one attached hydrogen (secondary N) is 1. The van der Waals surface area contributed by atoms with Gasteiger partial charge < -0.3 is 19.7 Å². The normalized spacial score (nSPS) is 24.4. The highest BCUT2D eigenvalue weighted by atomic mass is 16.5. The van der Waals surface area contributed by atoms with Crippen LogP contribution in [0.4, 0.5) is 11.4 Å². The Labute approximate surface area is 227 Å². The molecule has 7 nitrogen and oxygen atoms in total. The van der Waals surface area contributed by atoms with Crippen LogP contribution < -0.4 is 19.7 Å². The summed E-state index contributed by atoms with van der Waals surface area (Å²) in [6, 6.07) is 17.1. The third kappa shape index (κ3) is 3.32. The monoisotopic (exact) mass is 522 g/mol. The fraction of sp³-hybridized carbons (Fsp3) is 0.281. The average molecular weight is 523 g/mol. The van der Waals surface area contributed by atoms with E-state index in [0.29, 0.717) is 22.7 Å². The van der Waals surface area contributed by atoms with E-state index in [4.69, 9.17) is 9.47 Å². The van der Waals surface area contributed by atoms with Gasteiger partial charge in [-0.3, -0.25) is 14.4 Å². The number of carbonyl (C=O) groups is 3. The minimum absolute atomic E-state index is 0.186. The van der Waals surface area contributed by atoms with Crippen LogP contribution in [-0.4, -0.2) is 43.8 Å². The number of aryl methyl sites for hydroxylation is 1. The highest BCUT2D eigenvalue weighted by molar-refractivity contribution is 6.17. The van der Waals surface area contributed by atoms with Crippen LogP contribution in [0.3, 0.4) is 0 Å². The van der Waals surface area contributed by atoms with Gasteiger partial charge in [0.25, 0.3) is 0 Å². The number of methoxy groups -OCH3 is 2. The molecule has 1 fully saturated rings. The van der Waals surface area contributed by atoms with Crippen molar-refractivity contribution < 1.29 is 23.9 Å². The number of benzene rings is 3. The van der Waals surface area contributed by atoms with Crippen LogP contribution in [-0.2, 0) is 15.0 Å². The molecule has 1 saturated heterocycles. The number of hydrogen-bond donors (Lipinski definition) is 1. The second-order valence-corrected chi connectivity index (χ2v) is 10.6. The van der Waals surface area contributed by atoms with Crippen LogP contribution in [0.1, 0.15) is 40.9 Å². The van der Waals surface area contributed by atoms with Crippen molar-refractivity contribution in [1.29, 1.82) is 0 Å². The zero-order valence-electron chi connectivity index (χ0n) is 22.6. The molecule has 0 aromatic heterocycles. The zero-order valence-corrected chi connectivity index (χ0v) is 22.6. The Morgan fingerprint density at radius 3 is 2.46 bits per heavy atom. The number of para-hydroxylation sites is 1. The minimum Gasteiger partial charge on any atom is -0.497 e. The summed E-state index contributed by atoms with van der Waals surface area (Å²) in [5.74, 6) is -1.00. The number of fused-ring (bicyclic) bond motifs is 6. The molecule has 6 rings (SSSR count). The van der Waals surface area contributed by atoms with Gasteiger partial charge in [0.15, 0.2) is 11.6 Å². The number of Topliss-reactive ketones (excluding diaryl/α,β-unsaturated/α-hetero) is 2. The fourth-order valence-electron chi connectivity index (χ4n) is 6.87. The lowest BCUT2D eigenvalue weighted by atomic mass is 9.64. The molecule has 1 spiro atoms. The lowest BCUT2D eigenvalue weighted by Gasteiger charge is -2.39. The highest BCUT2D eigenvalue weighted by Crippen LogP contribution is 2.58. The molecule has 0 saturated carbocycles. The summed E-state index contributed by atoms with van der Waals surface area (Å²) in [4.78, 5) is 44.7. The largest absolute Gasteiger partial charge is 0.497 e. The van der Waals surface area contributed by atoms with Crippen molar-refractivity contribution in [3.8, 4) is 11.5 Å². The van der Waals surface area contributed by atoms with Crippen molar-refractivity contribution >= 4 is 34.4 Å². The van der Waals surface area contributed by atoms with Crippen LogP contribution in [0.15, 0.2) is 66.7 Å². The van der Waals surface area contributed by atoms with Gasteiger partial charge in [0.2, 0.25) is 5.91 Å². The summed E-state index contributed by atoms with van der Waals surface area (Å²) >= 11 is 0. The summed E-state index contributed by atoms with van der Waals surface area (Å²) in [7, 11) is 3.02. The Kier molecular flexibility index (Phi) is 5.64. The maximum atomic E-state index is 14.8. The van der Waals surface area contributed by atoms with Gasteiger partial charge in [0, 0.05) is 16.9 Å². The Morgan fingerprint density at radius 2 is 1.74 bits per heavy atom. The summed E-state index contributed by atoms with van der Waals surface area (Å²) < 4.78 is 11.0. The molecule has 3 heterocycles. The number of nitrogens with zero attached hydrogens (tertiary/aromatic N) is 1. The van der Waals surface area contributed by atoms with E-state index in [1.165, 1.54) is 21.1 Å². The zero-order chi connectivity index (χ0) is 27.6. The van der Waals surface area contributed by atoms with E-state index in [9.17, 15) is 14.4 Å². The number of amides is 1. The second-order valence-electron chi connectivity index (χ2n) is 10.6. The van der Waals surface area contributed by atoms with Gasteiger partial charge in [-0.05, 0) is 68.3 Å². The molecule has 198 valence electrons. The van der Waals surface area contributed by atoms with E-state index in [0.717, 1.165) is 22.4 Å².